The Labute approximate surface area is 193 Å². The number of hydrogen-bond acceptors (Lipinski definition) is 7. The van der Waals surface area contributed by atoms with Crippen LogP contribution in [0.25, 0.3) is 34.0 Å². The SMILES string of the molecule is O=C(O)[C@@H]1C2CCC(CC2)[C@H]1Nc1cc(-c2ccco2)nc(-c2c[nH]c3ncc(Cl)nc23)n1. The smallest absolute Gasteiger partial charge is 0.308 e. The van der Waals surface area contributed by atoms with E-state index < -0.39 is 11.9 Å². The first-order valence-electron chi connectivity index (χ1n) is 11.0. The Kier molecular flexibility index (Phi) is 4.79. The summed E-state index contributed by atoms with van der Waals surface area (Å²) in [5, 5.41) is 13.7. The monoisotopic (exact) mass is 464 g/mol. The van der Waals surface area contributed by atoms with E-state index in [1.807, 2.05) is 6.07 Å². The predicted octanol–water partition coefficient (Wildman–Crippen LogP) is 4.63. The van der Waals surface area contributed by atoms with Gasteiger partial charge in [-0.15, -0.1) is 0 Å². The standard InChI is InChI=1S/C23H21ClN6O3/c24-16-10-26-22-20(28-16)13(9-25-22)21-27-14(15-2-1-7-33-15)8-17(30-21)29-19-12-5-3-11(4-6-12)18(19)23(31)32/h1-2,7-12,18-19H,3-6H2,(H,25,26)(H,31,32)(H,27,29,30)/t11?,12?,18-,19-/m1/s1. The topological polar surface area (TPSA) is 130 Å². The summed E-state index contributed by atoms with van der Waals surface area (Å²) in [6, 6.07) is 5.24. The van der Waals surface area contributed by atoms with Gasteiger partial charge in [0, 0.05) is 18.3 Å². The number of aromatic nitrogens is 5. The number of aromatic amines is 1. The van der Waals surface area contributed by atoms with Crippen molar-refractivity contribution in [3.05, 3.63) is 42.0 Å². The van der Waals surface area contributed by atoms with Crippen molar-refractivity contribution in [1.29, 1.82) is 0 Å². The number of nitrogens with zero attached hydrogens (tertiary/aromatic N) is 4. The van der Waals surface area contributed by atoms with E-state index in [0.717, 1.165) is 25.7 Å². The van der Waals surface area contributed by atoms with Crippen molar-refractivity contribution in [3.63, 3.8) is 0 Å². The number of fused-ring (bicyclic) bond motifs is 4. The minimum Gasteiger partial charge on any atom is -0.481 e. The Balaban J connectivity index is 1.45. The second-order valence-electron chi connectivity index (χ2n) is 8.74. The number of carboxylic acid groups (broad SMARTS) is 1. The number of H-pyrrole nitrogens is 1. The number of nitrogens with one attached hydrogen (secondary N) is 2. The molecule has 3 saturated carbocycles. The number of furan rings is 1. The van der Waals surface area contributed by atoms with Crippen molar-refractivity contribution in [2.45, 2.75) is 31.7 Å². The van der Waals surface area contributed by atoms with Gasteiger partial charge < -0.3 is 19.8 Å². The maximum atomic E-state index is 12.1. The minimum absolute atomic E-state index is 0.181. The summed E-state index contributed by atoms with van der Waals surface area (Å²) >= 11 is 6.08. The van der Waals surface area contributed by atoms with Crippen molar-refractivity contribution in [2.75, 3.05) is 5.32 Å². The van der Waals surface area contributed by atoms with Crippen molar-refractivity contribution >= 4 is 34.6 Å². The molecule has 2 atom stereocenters. The number of halogens is 1. The molecular weight excluding hydrogens is 444 g/mol. The van der Waals surface area contributed by atoms with Crippen LogP contribution in [-0.2, 0) is 4.79 Å². The molecule has 9 nitrogen and oxygen atoms in total. The second-order valence-corrected chi connectivity index (χ2v) is 9.13. The van der Waals surface area contributed by atoms with Crippen molar-refractivity contribution in [1.82, 2.24) is 24.9 Å². The molecule has 168 valence electrons. The summed E-state index contributed by atoms with van der Waals surface area (Å²) < 4.78 is 5.58. The van der Waals surface area contributed by atoms with Crippen LogP contribution in [0.3, 0.4) is 0 Å². The molecule has 0 aliphatic heterocycles. The zero-order valence-electron chi connectivity index (χ0n) is 17.5. The average molecular weight is 465 g/mol. The molecule has 10 heteroatoms. The van der Waals surface area contributed by atoms with Crippen molar-refractivity contribution in [3.8, 4) is 22.8 Å². The zero-order valence-corrected chi connectivity index (χ0v) is 18.3. The molecule has 3 N–H and O–H groups in total. The number of carboxylic acids is 1. The van der Waals surface area contributed by atoms with Gasteiger partial charge in [-0.05, 0) is 49.7 Å². The van der Waals surface area contributed by atoms with Gasteiger partial charge in [0.25, 0.3) is 0 Å². The lowest BCUT2D eigenvalue weighted by molar-refractivity contribution is -0.148. The molecule has 0 radical (unpaired) electrons. The molecule has 0 amide bonds. The quantitative estimate of drug-likeness (QED) is 0.389. The van der Waals surface area contributed by atoms with Gasteiger partial charge in [0.1, 0.15) is 22.2 Å². The third-order valence-corrected chi connectivity index (χ3v) is 7.09. The fourth-order valence-corrected chi connectivity index (χ4v) is 5.55. The van der Waals surface area contributed by atoms with Crippen LogP contribution in [0, 0.1) is 17.8 Å². The predicted molar refractivity (Wildman–Crippen MR) is 122 cm³/mol. The highest BCUT2D eigenvalue weighted by Crippen LogP contribution is 2.46. The fourth-order valence-electron chi connectivity index (χ4n) is 5.42. The van der Waals surface area contributed by atoms with E-state index in [1.165, 1.54) is 6.20 Å². The summed E-state index contributed by atoms with van der Waals surface area (Å²) in [5.41, 5.74) is 2.37. The minimum atomic E-state index is -0.746. The van der Waals surface area contributed by atoms with Crippen LogP contribution >= 0.6 is 11.6 Å². The Morgan fingerprint density at radius 1 is 1.18 bits per heavy atom. The number of rotatable bonds is 5. The maximum Gasteiger partial charge on any atom is 0.308 e. The third-order valence-electron chi connectivity index (χ3n) is 6.91. The third kappa shape index (κ3) is 3.52. The summed E-state index contributed by atoms with van der Waals surface area (Å²) in [6.07, 6.45) is 8.82. The van der Waals surface area contributed by atoms with E-state index in [1.54, 1.807) is 24.6 Å². The first-order chi connectivity index (χ1) is 16.1. The van der Waals surface area contributed by atoms with E-state index in [4.69, 9.17) is 26.0 Å². The molecule has 0 saturated heterocycles. The number of anilines is 1. The highest BCUT2D eigenvalue weighted by molar-refractivity contribution is 6.29. The Hall–Kier alpha value is -3.46. The van der Waals surface area contributed by atoms with Gasteiger partial charge in [0.2, 0.25) is 0 Å². The van der Waals surface area contributed by atoms with E-state index >= 15 is 0 Å². The molecule has 3 aliphatic rings. The van der Waals surface area contributed by atoms with Crippen LogP contribution in [0.4, 0.5) is 5.82 Å². The number of aliphatic carboxylic acids is 1. The molecule has 33 heavy (non-hydrogen) atoms. The number of hydrogen-bond donors (Lipinski definition) is 3. The maximum absolute atomic E-state index is 12.1. The van der Waals surface area contributed by atoms with Gasteiger partial charge in [0.15, 0.2) is 17.2 Å². The van der Waals surface area contributed by atoms with Gasteiger partial charge in [-0.1, -0.05) is 11.6 Å². The molecule has 3 fully saturated rings. The largest absolute Gasteiger partial charge is 0.481 e. The van der Waals surface area contributed by atoms with Gasteiger partial charge in [0.05, 0.1) is 23.9 Å². The van der Waals surface area contributed by atoms with Gasteiger partial charge in [-0.2, -0.15) is 0 Å². The highest BCUT2D eigenvalue weighted by atomic mass is 35.5. The first-order valence-corrected chi connectivity index (χ1v) is 11.4. The first kappa shape index (κ1) is 20.2. The normalized spacial score (nSPS) is 24.3. The molecule has 4 aromatic rings. The highest BCUT2D eigenvalue weighted by Gasteiger charge is 2.47. The van der Waals surface area contributed by atoms with Crippen LogP contribution in [-0.4, -0.2) is 42.0 Å². The molecule has 0 spiro atoms. The summed E-state index contributed by atoms with van der Waals surface area (Å²) in [4.78, 5) is 33.3. The number of carbonyl (C=O) groups is 1. The van der Waals surface area contributed by atoms with Crippen LogP contribution in [0.15, 0.2) is 41.3 Å². The van der Waals surface area contributed by atoms with Gasteiger partial charge in [-0.3, -0.25) is 4.79 Å². The molecule has 0 aromatic carbocycles. The lowest BCUT2D eigenvalue weighted by Crippen LogP contribution is -2.51. The lowest BCUT2D eigenvalue weighted by atomic mass is 9.61. The van der Waals surface area contributed by atoms with Crippen LogP contribution < -0.4 is 5.32 Å². The van der Waals surface area contributed by atoms with Crippen molar-refractivity contribution < 1.29 is 14.3 Å². The van der Waals surface area contributed by atoms with E-state index in [2.05, 4.69) is 20.3 Å². The summed E-state index contributed by atoms with van der Waals surface area (Å²) in [7, 11) is 0. The molecule has 4 aromatic heterocycles. The average Bonchev–Trinajstić information content (AvgIpc) is 3.49. The lowest BCUT2D eigenvalue weighted by Gasteiger charge is -2.47. The van der Waals surface area contributed by atoms with Crippen LogP contribution in [0.1, 0.15) is 25.7 Å². The fraction of sp³-hybridized carbons (Fsp3) is 0.348. The van der Waals surface area contributed by atoms with E-state index in [0.29, 0.717) is 45.7 Å². The molecule has 0 unspecified atom stereocenters. The van der Waals surface area contributed by atoms with E-state index in [9.17, 15) is 9.90 Å². The van der Waals surface area contributed by atoms with Crippen LogP contribution in [0.2, 0.25) is 5.15 Å². The van der Waals surface area contributed by atoms with Crippen molar-refractivity contribution in [2.24, 2.45) is 17.8 Å². The van der Waals surface area contributed by atoms with Crippen LogP contribution in [0.5, 0.6) is 0 Å². The molecule has 7 rings (SSSR count). The van der Waals surface area contributed by atoms with E-state index in [-0.39, 0.29) is 17.1 Å². The molecule has 4 heterocycles. The van der Waals surface area contributed by atoms with Gasteiger partial charge in [-0.25, -0.2) is 19.9 Å². The molecule has 2 bridgehead atoms. The Bertz CT molecular complexity index is 1330. The van der Waals surface area contributed by atoms with Gasteiger partial charge >= 0.3 is 5.97 Å². The Morgan fingerprint density at radius 2 is 2.00 bits per heavy atom. The summed E-state index contributed by atoms with van der Waals surface area (Å²) in [5.74, 6) is 0.887. The molecule has 3 aliphatic carbocycles. The zero-order chi connectivity index (χ0) is 22.5. The summed E-state index contributed by atoms with van der Waals surface area (Å²) in [6.45, 7) is 0. The Morgan fingerprint density at radius 3 is 2.76 bits per heavy atom. The molecular formula is C23H21ClN6O3. The second kappa shape index (κ2) is 7.84.